The standard InChI is InChI=1S/C15H12Br2ClFO2/c1-20-13-6-9(11(18)7-14(13)21-2)15(17)10-5-8(16)3-4-12(10)19/h3-7,15H,1-2H3. The maximum Gasteiger partial charge on any atom is 0.162 e. The highest BCUT2D eigenvalue weighted by Gasteiger charge is 2.20. The van der Waals surface area contributed by atoms with E-state index >= 15 is 0 Å². The average Bonchev–Trinajstić information content (AvgIpc) is 2.48. The van der Waals surface area contributed by atoms with Crippen molar-refractivity contribution in [2.75, 3.05) is 14.2 Å². The van der Waals surface area contributed by atoms with Crippen molar-refractivity contribution in [3.63, 3.8) is 0 Å². The fraction of sp³-hybridized carbons (Fsp3) is 0.200. The van der Waals surface area contributed by atoms with E-state index < -0.39 is 4.83 Å². The Hall–Kier alpha value is -0.780. The number of hydrogen-bond acceptors (Lipinski definition) is 2. The summed E-state index contributed by atoms with van der Waals surface area (Å²) >= 11 is 13.1. The van der Waals surface area contributed by atoms with Crippen molar-refractivity contribution in [1.29, 1.82) is 0 Å². The Labute approximate surface area is 144 Å². The molecule has 2 aromatic rings. The molecule has 2 aromatic carbocycles. The van der Waals surface area contributed by atoms with Crippen molar-refractivity contribution in [2.24, 2.45) is 0 Å². The Kier molecular flexibility index (Phi) is 5.52. The highest BCUT2D eigenvalue weighted by atomic mass is 79.9. The number of ether oxygens (including phenoxy) is 2. The molecule has 1 atom stereocenters. The molecule has 21 heavy (non-hydrogen) atoms. The molecule has 0 amide bonds. The van der Waals surface area contributed by atoms with E-state index in [4.69, 9.17) is 21.1 Å². The topological polar surface area (TPSA) is 18.5 Å². The monoisotopic (exact) mass is 436 g/mol. The smallest absolute Gasteiger partial charge is 0.162 e. The predicted octanol–water partition coefficient (Wildman–Crippen LogP) is 5.74. The Balaban J connectivity index is 2.52. The summed E-state index contributed by atoms with van der Waals surface area (Å²) in [5.41, 5.74) is 1.19. The van der Waals surface area contributed by atoms with Crippen LogP contribution in [-0.4, -0.2) is 14.2 Å². The zero-order chi connectivity index (χ0) is 15.6. The van der Waals surface area contributed by atoms with Gasteiger partial charge in [-0.25, -0.2) is 4.39 Å². The first-order valence-corrected chi connectivity index (χ1v) is 8.07. The molecule has 0 aliphatic carbocycles. The van der Waals surface area contributed by atoms with Gasteiger partial charge in [-0.3, -0.25) is 0 Å². The summed E-state index contributed by atoms with van der Waals surface area (Å²) in [6, 6.07) is 8.15. The normalized spacial score (nSPS) is 12.1. The Bertz CT molecular complexity index is 664. The quantitative estimate of drug-likeness (QED) is 0.567. The number of hydrogen-bond donors (Lipinski definition) is 0. The largest absolute Gasteiger partial charge is 0.493 e. The maximum atomic E-state index is 14.0. The van der Waals surface area contributed by atoms with Crippen LogP contribution in [0.4, 0.5) is 4.39 Å². The molecule has 0 spiro atoms. The van der Waals surface area contributed by atoms with Gasteiger partial charge < -0.3 is 9.47 Å². The Morgan fingerprint density at radius 1 is 1.05 bits per heavy atom. The first-order chi connectivity index (χ1) is 9.97. The third-order valence-corrected chi connectivity index (χ3v) is 4.81. The average molecular weight is 439 g/mol. The van der Waals surface area contributed by atoms with Gasteiger partial charge in [-0.2, -0.15) is 0 Å². The molecule has 6 heteroatoms. The predicted molar refractivity (Wildman–Crippen MR) is 89.4 cm³/mol. The van der Waals surface area contributed by atoms with Gasteiger partial charge in [0.15, 0.2) is 11.5 Å². The second-order valence-electron chi connectivity index (χ2n) is 4.26. The number of benzene rings is 2. The van der Waals surface area contributed by atoms with Crippen molar-refractivity contribution in [1.82, 2.24) is 0 Å². The molecule has 0 radical (unpaired) electrons. The fourth-order valence-electron chi connectivity index (χ4n) is 1.94. The molecule has 1 unspecified atom stereocenters. The highest BCUT2D eigenvalue weighted by Crippen LogP contribution is 2.42. The molecule has 2 nitrogen and oxygen atoms in total. The molecular formula is C15H12Br2ClFO2. The summed E-state index contributed by atoms with van der Waals surface area (Å²) < 4.78 is 25.3. The molecule has 2 rings (SSSR count). The van der Waals surface area contributed by atoms with Crippen molar-refractivity contribution in [3.05, 3.63) is 56.8 Å². The van der Waals surface area contributed by atoms with E-state index in [9.17, 15) is 4.39 Å². The van der Waals surface area contributed by atoms with Crippen LogP contribution < -0.4 is 9.47 Å². The fourth-order valence-corrected chi connectivity index (χ4v) is 3.44. The maximum absolute atomic E-state index is 14.0. The van der Waals surface area contributed by atoms with Crippen molar-refractivity contribution in [3.8, 4) is 11.5 Å². The van der Waals surface area contributed by atoms with Gasteiger partial charge in [0.1, 0.15) is 5.82 Å². The van der Waals surface area contributed by atoms with Crippen LogP contribution in [0.3, 0.4) is 0 Å². The highest BCUT2D eigenvalue weighted by molar-refractivity contribution is 9.10. The summed E-state index contributed by atoms with van der Waals surface area (Å²) in [4.78, 5) is -0.401. The number of alkyl halides is 1. The van der Waals surface area contributed by atoms with Crippen LogP contribution in [0, 0.1) is 5.82 Å². The van der Waals surface area contributed by atoms with Gasteiger partial charge in [-0.05, 0) is 29.8 Å². The minimum Gasteiger partial charge on any atom is -0.493 e. The zero-order valence-electron chi connectivity index (χ0n) is 11.3. The first kappa shape index (κ1) is 16.6. The second kappa shape index (κ2) is 6.99. The van der Waals surface area contributed by atoms with E-state index in [1.54, 1.807) is 31.4 Å². The summed E-state index contributed by atoms with van der Waals surface area (Å²) in [7, 11) is 3.08. The van der Waals surface area contributed by atoms with Gasteiger partial charge in [0.2, 0.25) is 0 Å². The summed E-state index contributed by atoms with van der Waals surface area (Å²) in [6.45, 7) is 0. The van der Waals surface area contributed by atoms with E-state index in [0.717, 1.165) is 4.47 Å². The molecule has 0 aromatic heterocycles. The lowest BCUT2D eigenvalue weighted by Gasteiger charge is -2.17. The van der Waals surface area contributed by atoms with E-state index in [1.165, 1.54) is 13.2 Å². The summed E-state index contributed by atoms with van der Waals surface area (Å²) in [5, 5.41) is 0.467. The molecule has 0 bridgehead atoms. The van der Waals surface area contributed by atoms with Crippen LogP contribution in [0.5, 0.6) is 11.5 Å². The van der Waals surface area contributed by atoms with E-state index in [0.29, 0.717) is 27.6 Å². The van der Waals surface area contributed by atoms with Crippen molar-refractivity contribution in [2.45, 2.75) is 4.83 Å². The zero-order valence-corrected chi connectivity index (χ0v) is 15.2. The van der Waals surface area contributed by atoms with Gasteiger partial charge in [-0.1, -0.05) is 43.5 Å². The number of methoxy groups -OCH3 is 2. The minimum atomic E-state index is -0.401. The van der Waals surface area contributed by atoms with E-state index in [2.05, 4.69) is 31.9 Å². The van der Waals surface area contributed by atoms with Crippen molar-refractivity contribution < 1.29 is 13.9 Å². The molecule has 0 aliphatic rings. The van der Waals surface area contributed by atoms with Gasteiger partial charge in [0, 0.05) is 21.1 Å². The molecule has 0 fully saturated rings. The van der Waals surface area contributed by atoms with Crippen molar-refractivity contribution >= 4 is 43.5 Å². The third kappa shape index (κ3) is 3.52. The van der Waals surface area contributed by atoms with E-state index in [1.807, 2.05) is 0 Å². The SMILES string of the molecule is COc1cc(Cl)c(C(Br)c2cc(Br)ccc2F)cc1OC. The van der Waals surface area contributed by atoms with Crippen LogP contribution in [0.15, 0.2) is 34.8 Å². The van der Waals surface area contributed by atoms with Gasteiger partial charge >= 0.3 is 0 Å². The summed E-state index contributed by atoms with van der Waals surface area (Å²) in [6.07, 6.45) is 0. The lowest BCUT2D eigenvalue weighted by atomic mass is 10.0. The molecule has 0 heterocycles. The van der Waals surface area contributed by atoms with Gasteiger partial charge in [0.25, 0.3) is 0 Å². The molecule has 0 saturated carbocycles. The molecule has 112 valence electrons. The molecule has 0 aliphatic heterocycles. The van der Waals surface area contributed by atoms with Crippen LogP contribution in [0.25, 0.3) is 0 Å². The van der Waals surface area contributed by atoms with Crippen LogP contribution in [-0.2, 0) is 0 Å². The van der Waals surface area contributed by atoms with Crippen LogP contribution in [0.2, 0.25) is 5.02 Å². The Morgan fingerprint density at radius 2 is 1.67 bits per heavy atom. The lowest BCUT2D eigenvalue weighted by Crippen LogP contribution is -2.00. The number of halogens is 4. The Morgan fingerprint density at radius 3 is 2.29 bits per heavy atom. The van der Waals surface area contributed by atoms with Gasteiger partial charge in [0.05, 0.1) is 19.0 Å². The van der Waals surface area contributed by atoms with Gasteiger partial charge in [-0.15, -0.1) is 0 Å². The molecular weight excluding hydrogens is 426 g/mol. The van der Waals surface area contributed by atoms with Crippen LogP contribution >= 0.6 is 43.5 Å². The second-order valence-corrected chi connectivity index (χ2v) is 6.50. The van der Waals surface area contributed by atoms with Crippen LogP contribution in [0.1, 0.15) is 16.0 Å². The first-order valence-electron chi connectivity index (χ1n) is 5.98. The molecule has 0 saturated heterocycles. The minimum absolute atomic E-state index is 0.314. The lowest BCUT2D eigenvalue weighted by molar-refractivity contribution is 0.354. The molecule has 0 N–H and O–H groups in total. The number of rotatable bonds is 4. The third-order valence-electron chi connectivity index (χ3n) is 3.01. The van der Waals surface area contributed by atoms with E-state index in [-0.39, 0.29) is 5.82 Å². The summed E-state index contributed by atoms with van der Waals surface area (Å²) in [5.74, 6) is 0.753.